The summed E-state index contributed by atoms with van der Waals surface area (Å²) >= 11 is 0. The number of carbonyl (C=O) groups is 1. The summed E-state index contributed by atoms with van der Waals surface area (Å²) in [6.45, 7) is 7.34. The Morgan fingerprint density at radius 2 is 1.80 bits per heavy atom. The number of hydrogen-bond acceptors (Lipinski definition) is 5. The second kappa shape index (κ2) is 8.18. The molecule has 3 aromatic rings. The number of amides is 1. The van der Waals surface area contributed by atoms with Crippen LogP contribution in [-0.4, -0.2) is 28.9 Å². The van der Waals surface area contributed by atoms with E-state index in [1.165, 1.54) is 4.68 Å². The average Bonchev–Trinajstić information content (AvgIpc) is 2.77. The van der Waals surface area contributed by atoms with Gasteiger partial charge in [-0.3, -0.25) is 9.59 Å². The van der Waals surface area contributed by atoms with E-state index in [1.807, 2.05) is 39.0 Å². The Kier molecular flexibility index (Phi) is 5.44. The third-order valence-corrected chi connectivity index (χ3v) is 5.26. The molecule has 0 bridgehead atoms. The number of aromatic nitrogens is 2. The van der Waals surface area contributed by atoms with Gasteiger partial charge in [0.2, 0.25) is 0 Å². The topological polar surface area (TPSA) is 82.5 Å². The zero-order valence-corrected chi connectivity index (χ0v) is 17.3. The van der Waals surface area contributed by atoms with Gasteiger partial charge in [-0.2, -0.15) is 5.10 Å². The summed E-state index contributed by atoms with van der Waals surface area (Å²) in [6.07, 6.45) is 0. The molecule has 156 valence electrons. The van der Waals surface area contributed by atoms with Crippen molar-refractivity contribution in [2.24, 2.45) is 5.92 Å². The van der Waals surface area contributed by atoms with E-state index in [1.54, 1.807) is 24.3 Å². The minimum Gasteiger partial charge on any atom is -0.486 e. The number of nitrogens with one attached hydrogen (secondary N) is 1. The van der Waals surface area contributed by atoms with Gasteiger partial charge in [-0.25, -0.2) is 4.68 Å². The molecule has 1 aromatic heterocycles. The molecule has 0 unspecified atom stereocenters. The van der Waals surface area contributed by atoms with Crippen molar-refractivity contribution < 1.29 is 14.3 Å². The highest BCUT2D eigenvalue weighted by Crippen LogP contribution is 2.34. The molecule has 0 spiro atoms. The van der Waals surface area contributed by atoms with Crippen molar-refractivity contribution in [2.45, 2.75) is 33.4 Å². The summed E-state index contributed by atoms with van der Waals surface area (Å²) < 4.78 is 12.6. The molecule has 4 rings (SSSR count). The third-order valence-electron chi connectivity index (χ3n) is 5.26. The van der Waals surface area contributed by atoms with Gasteiger partial charge >= 0.3 is 0 Å². The van der Waals surface area contributed by atoms with Crippen LogP contribution in [0.25, 0.3) is 10.8 Å². The molecule has 1 amide bonds. The van der Waals surface area contributed by atoms with Crippen LogP contribution in [0.3, 0.4) is 0 Å². The van der Waals surface area contributed by atoms with Gasteiger partial charge < -0.3 is 14.8 Å². The van der Waals surface area contributed by atoms with Gasteiger partial charge in [-0.05, 0) is 36.6 Å². The molecule has 0 aliphatic carbocycles. The summed E-state index contributed by atoms with van der Waals surface area (Å²) in [5.74, 6) is 1.20. The molecule has 2 aromatic carbocycles. The minimum absolute atomic E-state index is 0.125. The van der Waals surface area contributed by atoms with Crippen LogP contribution in [-0.2, 0) is 6.54 Å². The number of ether oxygens (including phenoxy) is 2. The van der Waals surface area contributed by atoms with Crippen LogP contribution in [0.15, 0.2) is 47.3 Å². The quantitative estimate of drug-likeness (QED) is 0.702. The summed E-state index contributed by atoms with van der Waals surface area (Å²) in [5, 5.41) is 8.48. The molecule has 0 saturated carbocycles. The van der Waals surface area contributed by atoms with E-state index >= 15 is 0 Å². The smallest absolute Gasteiger partial charge is 0.274 e. The normalized spacial score (nSPS) is 14.0. The fourth-order valence-corrected chi connectivity index (χ4v) is 3.72. The summed E-state index contributed by atoms with van der Waals surface area (Å²) in [6, 6.07) is 12.5. The van der Waals surface area contributed by atoms with Crippen molar-refractivity contribution in [2.75, 3.05) is 13.2 Å². The van der Waals surface area contributed by atoms with Gasteiger partial charge in [0.1, 0.15) is 13.2 Å². The first-order valence-electron chi connectivity index (χ1n) is 10.2. The number of carbonyl (C=O) groups excluding carboxylic acids is 1. The van der Waals surface area contributed by atoms with Gasteiger partial charge in [0.25, 0.3) is 11.5 Å². The Morgan fingerprint density at radius 3 is 2.50 bits per heavy atom. The third kappa shape index (κ3) is 3.63. The lowest BCUT2D eigenvalue weighted by Gasteiger charge is -2.25. The first kappa shape index (κ1) is 19.9. The van der Waals surface area contributed by atoms with Crippen LogP contribution in [0, 0.1) is 5.92 Å². The highest BCUT2D eigenvalue weighted by molar-refractivity contribution is 6.04. The number of nitrogens with zero attached hydrogens (tertiary/aromatic N) is 2. The fraction of sp³-hybridized carbons (Fsp3) is 0.348. The maximum atomic E-state index is 13.3. The Balaban J connectivity index is 1.71. The highest BCUT2D eigenvalue weighted by Gasteiger charge is 2.24. The molecule has 1 aliphatic heterocycles. The van der Waals surface area contributed by atoms with Gasteiger partial charge in [0.15, 0.2) is 17.2 Å². The lowest BCUT2D eigenvalue weighted by atomic mass is 9.95. The summed E-state index contributed by atoms with van der Waals surface area (Å²) in [5.41, 5.74) is 0.975. The van der Waals surface area contributed by atoms with E-state index in [2.05, 4.69) is 10.4 Å². The predicted octanol–water partition coefficient (Wildman–Crippen LogP) is 3.31. The number of fused-ring (bicyclic) bond motifs is 2. The standard InChI is InChI=1S/C23H25N3O4/c1-4-26-23(28)17-8-6-5-7-16(17)21(25-26)22(27)24-20(14(2)3)15-9-10-18-19(13-15)30-12-11-29-18/h5-10,13-14,20H,4,11-12H2,1-3H3,(H,24,27)/t20-/m1/s1. The van der Waals surface area contributed by atoms with Crippen LogP contribution >= 0.6 is 0 Å². The zero-order chi connectivity index (χ0) is 21.3. The molecule has 0 radical (unpaired) electrons. The van der Waals surface area contributed by atoms with E-state index in [4.69, 9.17) is 9.47 Å². The Labute approximate surface area is 174 Å². The number of rotatable bonds is 5. The molecule has 0 fully saturated rings. The molecular formula is C23H25N3O4. The van der Waals surface area contributed by atoms with Crippen molar-refractivity contribution in [1.29, 1.82) is 0 Å². The molecule has 1 atom stereocenters. The first-order valence-corrected chi connectivity index (χ1v) is 10.2. The number of benzene rings is 2. The van der Waals surface area contributed by atoms with Crippen LogP contribution in [0.2, 0.25) is 0 Å². The summed E-state index contributed by atoms with van der Waals surface area (Å²) in [7, 11) is 0. The van der Waals surface area contributed by atoms with E-state index < -0.39 is 0 Å². The van der Waals surface area contributed by atoms with E-state index in [0.717, 1.165) is 5.56 Å². The van der Waals surface area contributed by atoms with Crippen molar-refractivity contribution in [3.63, 3.8) is 0 Å². The van der Waals surface area contributed by atoms with Gasteiger partial charge in [0.05, 0.1) is 11.4 Å². The molecular weight excluding hydrogens is 382 g/mol. The second-order valence-electron chi connectivity index (χ2n) is 7.61. The fourth-order valence-electron chi connectivity index (χ4n) is 3.72. The Bertz CT molecular complexity index is 1150. The molecule has 7 nitrogen and oxygen atoms in total. The molecule has 1 N–H and O–H groups in total. The Hall–Kier alpha value is -3.35. The largest absolute Gasteiger partial charge is 0.486 e. The Morgan fingerprint density at radius 1 is 1.10 bits per heavy atom. The van der Waals surface area contributed by atoms with Crippen LogP contribution in [0.1, 0.15) is 42.9 Å². The second-order valence-corrected chi connectivity index (χ2v) is 7.61. The van der Waals surface area contributed by atoms with E-state index in [0.29, 0.717) is 42.0 Å². The van der Waals surface area contributed by atoms with Crippen molar-refractivity contribution >= 4 is 16.7 Å². The molecule has 7 heteroatoms. The monoisotopic (exact) mass is 407 g/mol. The van der Waals surface area contributed by atoms with Crippen molar-refractivity contribution in [3.8, 4) is 11.5 Å². The lowest BCUT2D eigenvalue weighted by Crippen LogP contribution is -2.34. The summed E-state index contributed by atoms with van der Waals surface area (Å²) in [4.78, 5) is 25.8. The van der Waals surface area contributed by atoms with Crippen molar-refractivity contribution in [1.82, 2.24) is 15.1 Å². The van der Waals surface area contributed by atoms with Crippen LogP contribution < -0.4 is 20.3 Å². The number of hydrogen-bond donors (Lipinski definition) is 1. The first-order chi connectivity index (χ1) is 14.5. The van der Waals surface area contributed by atoms with Crippen LogP contribution in [0.4, 0.5) is 0 Å². The van der Waals surface area contributed by atoms with E-state index in [9.17, 15) is 9.59 Å². The van der Waals surface area contributed by atoms with Gasteiger partial charge in [0, 0.05) is 11.9 Å². The van der Waals surface area contributed by atoms with E-state index in [-0.39, 0.29) is 29.1 Å². The minimum atomic E-state index is -0.318. The molecule has 0 saturated heterocycles. The molecule has 30 heavy (non-hydrogen) atoms. The maximum Gasteiger partial charge on any atom is 0.274 e. The van der Waals surface area contributed by atoms with Gasteiger partial charge in [-0.15, -0.1) is 0 Å². The number of aryl methyl sites for hydroxylation is 1. The molecule has 2 heterocycles. The van der Waals surface area contributed by atoms with Crippen molar-refractivity contribution in [3.05, 3.63) is 64.1 Å². The highest BCUT2D eigenvalue weighted by atomic mass is 16.6. The molecule has 1 aliphatic rings. The van der Waals surface area contributed by atoms with Gasteiger partial charge in [-0.1, -0.05) is 38.1 Å². The SMILES string of the molecule is CCn1nc(C(=O)N[C@@H](c2ccc3c(c2)OCCO3)C(C)C)c2ccccc2c1=O. The zero-order valence-electron chi connectivity index (χ0n) is 17.3. The lowest BCUT2D eigenvalue weighted by molar-refractivity contribution is 0.0919. The average molecular weight is 407 g/mol. The predicted molar refractivity (Wildman–Crippen MR) is 114 cm³/mol. The van der Waals surface area contributed by atoms with Crippen LogP contribution in [0.5, 0.6) is 11.5 Å². The maximum absolute atomic E-state index is 13.3.